The first-order valence-corrected chi connectivity index (χ1v) is 18.2. The number of carbonyl (C=O) groups is 4. The lowest BCUT2D eigenvalue weighted by Gasteiger charge is -2.36. The number of amides is 3. The molecule has 53 heavy (non-hydrogen) atoms. The van der Waals surface area contributed by atoms with Gasteiger partial charge in [0, 0.05) is 33.2 Å². The van der Waals surface area contributed by atoms with Gasteiger partial charge in [0.2, 0.25) is 17.7 Å². The third-order valence-electron chi connectivity index (χ3n) is 10.5. The summed E-state index contributed by atoms with van der Waals surface area (Å²) >= 11 is 0. The third kappa shape index (κ3) is 7.48. The predicted molar refractivity (Wildman–Crippen MR) is 194 cm³/mol. The highest BCUT2D eigenvalue weighted by atomic mass is 16.6. The number of methoxy groups -OCH3 is 1. The van der Waals surface area contributed by atoms with Crippen LogP contribution in [0.15, 0.2) is 79.9 Å². The van der Waals surface area contributed by atoms with E-state index in [1.54, 1.807) is 33.9 Å². The first-order valence-electron chi connectivity index (χ1n) is 18.2. The number of allylic oxidation sites excluding steroid dienone is 1. The fourth-order valence-corrected chi connectivity index (χ4v) is 8.19. The van der Waals surface area contributed by atoms with Crippen LogP contribution >= 0.6 is 0 Å². The molecule has 3 aliphatic heterocycles. The van der Waals surface area contributed by atoms with Crippen molar-refractivity contribution in [3.63, 3.8) is 0 Å². The normalized spacial score (nSPS) is 24.1. The number of benzene rings is 2. The Labute approximate surface area is 308 Å². The number of para-hydroxylation sites is 1. The van der Waals surface area contributed by atoms with Gasteiger partial charge in [-0.3, -0.25) is 19.2 Å². The Morgan fingerprint density at radius 3 is 2.64 bits per heavy atom. The maximum Gasteiger partial charge on any atom is 0.313 e. The van der Waals surface area contributed by atoms with Crippen molar-refractivity contribution >= 4 is 34.7 Å². The summed E-state index contributed by atoms with van der Waals surface area (Å²) in [6.45, 7) is 7.95. The van der Waals surface area contributed by atoms with Crippen molar-refractivity contribution in [1.82, 2.24) is 30.1 Å². The van der Waals surface area contributed by atoms with Crippen LogP contribution in [0.3, 0.4) is 0 Å². The van der Waals surface area contributed by atoms with E-state index in [0.29, 0.717) is 43.2 Å². The fourth-order valence-electron chi connectivity index (χ4n) is 8.19. The molecular formula is C39H48N6O8. The molecule has 3 saturated heterocycles. The van der Waals surface area contributed by atoms with E-state index in [4.69, 9.17) is 14.2 Å². The highest BCUT2D eigenvalue weighted by Gasteiger charge is 2.75. The molecule has 2 aromatic carbocycles. The standard InChI is InChI=1S/C39H48N6O8/c1-4-6-18-31(47)40-28(24-51-3)34(26-14-8-7-9-15-26)52-38(50)32-30-19-20-39(53-30)33(32)36(48)44(22-12-13-23-46)35(39)37(49)43(21-5-2)25-45-29-17-11-10-16-27(29)41-42-45/h4-5,7-11,14-17,28,30,32-35,46H,1-2,6,12-13,18-25H2,3H3,(H,40,47)/t28-,30+,32-,33-,34-,35+,39-/m0/s1. The maximum atomic E-state index is 14.8. The molecular weight excluding hydrogens is 680 g/mol. The second kappa shape index (κ2) is 16.8. The van der Waals surface area contributed by atoms with Gasteiger partial charge in [-0.1, -0.05) is 59.8 Å². The number of fused-ring (bicyclic) bond motifs is 2. The first-order chi connectivity index (χ1) is 25.8. The minimum Gasteiger partial charge on any atom is -0.455 e. The molecule has 4 heterocycles. The zero-order valence-corrected chi connectivity index (χ0v) is 30.0. The third-order valence-corrected chi connectivity index (χ3v) is 10.5. The van der Waals surface area contributed by atoms with E-state index in [-0.39, 0.29) is 57.1 Å². The largest absolute Gasteiger partial charge is 0.455 e. The van der Waals surface area contributed by atoms with Crippen LogP contribution < -0.4 is 5.32 Å². The number of carbonyl (C=O) groups excluding carboxylic acids is 4. The van der Waals surface area contributed by atoms with E-state index in [0.717, 1.165) is 5.52 Å². The number of rotatable bonds is 19. The lowest BCUT2D eigenvalue weighted by atomic mass is 9.70. The molecule has 14 nitrogen and oxygen atoms in total. The van der Waals surface area contributed by atoms with Crippen molar-refractivity contribution in [3.05, 3.63) is 85.5 Å². The van der Waals surface area contributed by atoms with E-state index in [9.17, 15) is 24.3 Å². The van der Waals surface area contributed by atoms with Gasteiger partial charge < -0.3 is 34.4 Å². The number of ether oxygens (including phenoxy) is 3. The van der Waals surface area contributed by atoms with Gasteiger partial charge in [-0.25, -0.2) is 4.68 Å². The van der Waals surface area contributed by atoms with E-state index in [1.165, 1.54) is 12.0 Å². The molecule has 2 bridgehead atoms. The number of aliphatic hydroxyl groups is 1. The van der Waals surface area contributed by atoms with Crippen LogP contribution in [-0.4, -0.2) is 111 Å². The van der Waals surface area contributed by atoms with Gasteiger partial charge in [-0.15, -0.1) is 18.3 Å². The van der Waals surface area contributed by atoms with Gasteiger partial charge in [0.25, 0.3) is 0 Å². The Kier molecular flexibility index (Phi) is 12.0. The lowest BCUT2D eigenvalue weighted by Crippen LogP contribution is -2.56. The Morgan fingerprint density at radius 2 is 1.91 bits per heavy atom. The van der Waals surface area contributed by atoms with Crippen molar-refractivity contribution in [1.29, 1.82) is 0 Å². The molecule has 1 spiro atoms. The molecule has 0 unspecified atom stereocenters. The van der Waals surface area contributed by atoms with Crippen molar-refractivity contribution < 1.29 is 38.5 Å². The highest BCUT2D eigenvalue weighted by molar-refractivity contribution is 5.98. The molecule has 3 amide bonds. The topological polar surface area (TPSA) is 165 Å². The monoisotopic (exact) mass is 728 g/mol. The SMILES string of the molecule is C=CCCC(=O)N[C@@H](COC)[C@@H](OC(=O)[C@@H]1[C@H]2C(=O)N(CCCCO)[C@H](C(=O)N(CC=C)Cn3nnc4ccccc43)[C@]23CC[C@H]1O3)c1ccccc1. The zero-order chi connectivity index (χ0) is 37.5. The second-order valence-electron chi connectivity index (χ2n) is 13.8. The molecule has 0 aliphatic carbocycles. The van der Waals surface area contributed by atoms with Crippen LogP contribution in [0.25, 0.3) is 11.0 Å². The number of likely N-dealkylation sites (tertiary alicyclic amines) is 1. The number of unbranched alkanes of at least 4 members (excludes halogenated alkanes) is 1. The quantitative estimate of drug-likeness (QED) is 0.107. The molecule has 14 heteroatoms. The van der Waals surface area contributed by atoms with Crippen LogP contribution in [0.2, 0.25) is 0 Å². The summed E-state index contributed by atoms with van der Waals surface area (Å²) in [5.74, 6) is -3.59. The molecule has 7 atom stereocenters. The molecule has 6 rings (SSSR count). The molecule has 3 aromatic rings. The summed E-state index contributed by atoms with van der Waals surface area (Å²) in [6.07, 6.45) is 4.07. The summed E-state index contributed by atoms with van der Waals surface area (Å²) in [5.41, 5.74) is 0.780. The Morgan fingerprint density at radius 1 is 1.13 bits per heavy atom. The van der Waals surface area contributed by atoms with Gasteiger partial charge in [0.15, 0.2) is 0 Å². The summed E-state index contributed by atoms with van der Waals surface area (Å²) in [4.78, 5) is 59.9. The Bertz CT molecular complexity index is 1800. The van der Waals surface area contributed by atoms with Crippen LogP contribution in [0.1, 0.15) is 50.2 Å². The first kappa shape index (κ1) is 37.8. The molecule has 2 N–H and O–H groups in total. The molecule has 3 fully saturated rings. The maximum absolute atomic E-state index is 14.8. The molecule has 1 aromatic heterocycles. The van der Waals surface area contributed by atoms with Crippen molar-refractivity contribution in [2.45, 2.75) is 75.1 Å². The minimum absolute atomic E-state index is 0.0499. The van der Waals surface area contributed by atoms with Crippen molar-refractivity contribution in [3.8, 4) is 0 Å². The van der Waals surface area contributed by atoms with Gasteiger partial charge >= 0.3 is 5.97 Å². The summed E-state index contributed by atoms with van der Waals surface area (Å²) in [6, 6.07) is 14.7. The number of hydrogen-bond acceptors (Lipinski definition) is 10. The van der Waals surface area contributed by atoms with Crippen molar-refractivity contribution in [2.75, 3.05) is 33.4 Å². The Hall–Kier alpha value is -4.92. The molecule has 0 radical (unpaired) electrons. The van der Waals surface area contributed by atoms with Crippen LogP contribution in [0.5, 0.6) is 0 Å². The van der Waals surface area contributed by atoms with Gasteiger partial charge in [-0.05, 0) is 49.8 Å². The van der Waals surface area contributed by atoms with Gasteiger partial charge in [-0.2, -0.15) is 0 Å². The molecule has 0 saturated carbocycles. The number of nitrogens with zero attached hydrogens (tertiary/aromatic N) is 5. The fraction of sp³-hybridized carbons (Fsp3) is 0.487. The van der Waals surface area contributed by atoms with E-state index in [2.05, 4.69) is 28.8 Å². The van der Waals surface area contributed by atoms with Crippen LogP contribution in [-0.2, 0) is 40.1 Å². The van der Waals surface area contributed by atoms with Crippen molar-refractivity contribution in [2.24, 2.45) is 11.8 Å². The van der Waals surface area contributed by atoms with Crippen LogP contribution in [0.4, 0.5) is 0 Å². The number of nitrogens with one attached hydrogen (secondary N) is 1. The van der Waals surface area contributed by atoms with E-state index >= 15 is 0 Å². The average Bonchev–Trinajstić information content (AvgIpc) is 3.92. The van der Waals surface area contributed by atoms with Crippen LogP contribution in [0, 0.1) is 11.8 Å². The summed E-state index contributed by atoms with van der Waals surface area (Å²) < 4.78 is 20.1. The Balaban J connectivity index is 1.31. The highest BCUT2D eigenvalue weighted by Crippen LogP contribution is 2.59. The van der Waals surface area contributed by atoms with Gasteiger partial charge in [0.05, 0.1) is 36.1 Å². The average molecular weight is 729 g/mol. The summed E-state index contributed by atoms with van der Waals surface area (Å²) in [7, 11) is 1.50. The lowest BCUT2D eigenvalue weighted by molar-refractivity contribution is -0.163. The zero-order valence-electron chi connectivity index (χ0n) is 30.0. The number of aliphatic hydroxyl groups excluding tert-OH is 1. The smallest absolute Gasteiger partial charge is 0.313 e. The molecule has 3 aliphatic rings. The minimum atomic E-state index is -1.28. The number of hydrogen-bond donors (Lipinski definition) is 2. The number of esters is 1. The van der Waals surface area contributed by atoms with Gasteiger partial charge in [0.1, 0.15) is 29.9 Å². The molecule has 282 valence electrons. The second-order valence-corrected chi connectivity index (χ2v) is 13.8. The predicted octanol–water partition coefficient (Wildman–Crippen LogP) is 2.93. The van der Waals surface area contributed by atoms with E-state index in [1.807, 2.05) is 42.5 Å². The number of aromatic nitrogens is 3. The van der Waals surface area contributed by atoms with E-state index < -0.39 is 47.7 Å². The summed E-state index contributed by atoms with van der Waals surface area (Å²) in [5, 5.41) is 21.0.